The second kappa shape index (κ2) is 4.19. The average Bonchev–Trinajstić information content (AvgIpc) is 3.00. The smallest absolute Gasteiger partial charge is 0.203 e. The van der Waals surface area contributed by atoms with E-state index in [1.807, 2.05) is 53.7 Å². The highest BCUT2D eigenvalue weighted by Gasteiger charge is 2.49. The van der Waals surface area contributed by atoms with Gasteiger partial charge in [0.25, 0.3) is 0 Å². The minimum absolute atomic E-state index is 0.00755. The lowest BCUT2D eigenvalue weighted by Crippen LogP contribution is -2.43. The number of allylic oxidation sites excluding steroid dienone is 6. The molecule has 1 aromatic rings. The van der Waals surface area contributed by atoms with Crippen molar-refractivity contribution < 1.29 is 14.0 Å². The lowest BCUT2D eigenvalue weighted by molar-refractivity contribution is -0.131. The molecule has 2 heterocycles. The molecule has 2 aliphatic carbocycles. The summed E-state index contributed by atoms with van der Waals surface area (Å²) < 4.78 is 5.41. The van der Waals surface area contributed by atoms with E-state index in [-0.39, 0.29) is 18.0 Å². The molecule has 1 aromatic heterocycles. The van der Waals surface area contributed by atoms with Crippen LogP contribution in [0, 0.1) is 5.41 Å². The summed E-state index contributed by atoms with van der Waals surface area (Å²) >= 11 is 0. The quantitative estimate of drug-likeness (QED) is 0.742. The van der Waals surface area contributed by atoms with Crippen molar-refractivity contribution in [1.29, 1.82) is 0 Å². The molecule has 1 saturated carbocycles. The van der Waals surface area contributed by atoms with Crippen molar-refractivity contribution in [3.8, 4) is 0 Å². The lowest BCUT2D eigenvalue weighted by Gasteiger charge is -2.41. The van der Waals surface area contributed by atoms with Gasteiger partial charge in [0, 0.05) is 24.9 Å². The molecule has 1 spiro atoms. The summed E-state index contributed by atoms with van der Waals surface area (Å²) in [6.07, 6.45) is 13.3. The number of hydrogen-bond acceptors (Lipinski definition) is 4. The molecule has 1 unspecified atom stereocenters. The van der Waals surface area contributed by atoms with Gasteiger partial charge in [-0.15, -0.1) is 0 Å². The molecular weight excluding hydrogens is 266 g/mol. The third kappa shape index (κ3) is 1.62. The zero-order valence-electron chi connectivity index (χ0n) is 11.3. The molecule has 3 aliphatic rings. The normalized spacial score (nSPS) is 27.1. The van der Waals surface area contributed by atoms with Crippen LogP contribution in [0.5, 0.6) is 0 Å². The Morgan fingerprint density at radius 1 is 1.14 bits per heavy atom. The van der Waals surface area contributed by atoms with Gasteiger partial charge in [0.05, 0.1) is 18.1 Å². The summed E-state index contributed by atoms with van der Waals surface area (Å²) in [7, 11) is 0. The number of rotatable bonds is 1. The summed E-state index contributed by atoms with van der Waals surface area (Å²) in [5.41, 5.74) is 0.945. The Balaban J connectivity index is 1.89. The maximum Gasteiger partial charge on any atom is 0.203 e. The number of ketones is 2. The van der Waals surface area contributed by atoms with Gasteiger partial charge in [-0.1, -0.05) is 24.3 Å². The summed E-state index contributed by atoms with van der Waals surface area (Å²) in [5.74, 6) is 0.591. The number of furan rings is 1. The predicted molar refractivity (Wildman–Crippen MR) is 77.3 cm³/mol. The van der Waals surface area contributed by atoms with E-state index in [2.05, 4.69) is 0 Å². The van der Waals surface area contributed by atoms with E-state index in [1.165, 1.54) is 0 Å². The number of carbonyl (C=O) groups is 2. The van der Waals surface area contributed by atoms with Crippen LogP contribution >= 0.6 is 0 Å². The van der Waals surface area contributed by atoms with Gasteiger partial charge < -0.3 is 4.42 Å². The van der Waals surface area contributed by atoms with E-state index < -0.39 is 5.41 Å². The Hall–Kier alpha value is -2.62. The maximum absolute atomic E-state index is 12.6. The second-order valence-electron chi connectivity index (χ2n) is 5.44. The van der Waals surface area contributed by atoms with Crippen molar-refractivity contribution in [1.82, 2.24) is 0 Å². The monoisotopic (exact) mass is 279 g/mol. The highest BCUT2D eigenvalue weighted by Crippen LogP contribution is 2.49. The van der Waals surface area contributed by atoms with Crippen LogP contribution in [0.4, 0.5) is 5.88 Å². The fourth-order valence-electron chi connectivity index (χ4n) is 3.24. The van der Waals surface area contributed by atoms with Crippen molar-refractivity contribution in [2.24, 2.45) is 5.41 Å². The zero-order chi connectivity index (χ0) is 14.4. The minimum Gasteiger partial charge on any atom is -0.448 e. The highest BCUT2D eigenvalue weighted by atomic mass is 16.3. The van der Waals surface area contributed by atoms with Crippen LogP contribution < -0.4 is 4.90 Å². The van der Waals surface area contributed by atoms with Crippen molar-refractivity contribution >= 4 is 17.5 Å². The van der Waals surface area contributed by atoms with Crippen LogP contribution in [-0.2, 0) is 9.59 Å². The van der Waals surface area contributed by atoms with Gasteiger partial charge >= 0.3 is 0 Å². The number of anilines is 1. The molecule has 0 aromatic carbocycles. The van der Waals surface area contributed by atoms with Crippen LogP contribution in [0.2, 0.25) is 0 Å². The topological polar surface area (TPSA) is 50.5 Å². The third-order valence-electron chi connectivity index (χ3n) is 4.21. The number of hydrogen-bond donors (Lipinski definition) is 0. The zero-order valence-corrected chi connectivity index (χ0v) is 11.3. The van der Waals surface area contributed by atoms with Crippen LogP contribution in [-0.4, -0.2) is 11.6 Å². The first kappa shape index (κ1) is 12.1. The van der Waals surface area contributed by atoms with Gasteiger partial charge in [0.15, 0.2) is 5.78 Å². The van der Waals surface area contributed by atoms with Crippen LogP contribution in [0.15, 0.2) is 70.7 Å². The third-order valence-corrected chi connectivity index (χ3v) is 4.21. The molecule has 1 aliphatic heterocycles. The molecule has 4 rings (SSSR count). The molecular formula is C17H13NO3. The second-order valence-corrected chi connectivity index (χ2v) is 5.44. The Labute approximate surface area is 121 Å². The molecule has 4 heteroatoms. The molecule has 1 fully saturated rings. The first-order valence-electron chi connectivity index (χ1n) is 6.86. The van der Waals surface area contributed by atoms with Gasteiger partial charge in [0.2, 0.25) is 5.88 Å². The lowest BCUT2D eigenvalue weighted by atomic mass is 9.62. The van der Waals surface area contributed by atoms with Gasteiger partial charge in [-0.25, -0.2) is 0 Å². The Morgan fingerprint density at radius 3 is 2.86 bits per heavy atom. The molecule has 0 bridgehead atoms. The molecule has 1 atom stereocenters. The van der Waals surface area contributed by atoms with E-state index in [4.69, 9.17) is 4.42 Å². The van der Waals surface area contributed by atoms with Crippen molar-refractivity contribution in [3.05, 3.63) is 66.2 Å². The molecule has 4 nitrogen and oxygen atoms in total. The minimum atomic E-state index is -0.758. The first-order chi connectivity index (χ1) is 10.2. The molecule has 21 heavy (non-hydrogen) atoms. The van der Waals surface area contributed by atoms with Crippen molar-refractivity contribution in [3.63, 3.8) is 0 Å². The van der Waals surface area contributed by atoms with E-state index in [0.29, 0.717) is 12.3 Å². The maximum atomic E-state index is 12.6. The summed E-state index contributed by atoms with van der Waals surface area (Å²) in [6.45, 7) is 0. The molecule has 104 valence electrons. The Kier molecular flexibility index (Phi) is 2.42. The van der Waals surface area contributed by atoms with Crippen LogP contribution in [0.3, 0.4) is 0 Å². The fourth-order valence-corrected chi connectivity index (χ4v) is 3.24. The van der Waals surface area contributed by atoms with Crippen molar-refractivity contribution in [2.45, 2.75) is 12.8 Å². The summed E-state index contributed by atoms with van der Waals surface area (Å²) in [6, 6.07) is 3.65. The SMILES string of the molecule is O=C1CC(=O)C23C=CC=CC2=CN(c2ccco2)C=C3C1. The van der Waals surface area contributed by atoms with Crippen LogP contribution in [0.25, 0.3) is 0 Å². The van der Waals surface area contributed by atoms with Gasteiger partial charge in [-0.05, 0) is 17.2 Å². The molecule has 0 saturated heterocycles. The van der Waals surface area contributed by atoms with Crippen LogP contribution in [0.1, 0.15) is 12.8 Å². The highest BCUT2D eigenvalue weighted by molar-refractivity contribution is 6.11. The van der Waals surface area contributed by atoms with Crippen molar-refractivity contribution in [2.75, 3.05) is 4.90 Å². The molecule has 0 N–H and O–H groups in total. The standard InChI is InChI=1S/C17H13NO3/c19-14-8-13-11-18(16-5-3-7-21-16)10-12-4-1-2-6-17(12,13)15(20)9-14/h1-7,10-11H,8-9H2. The largest absolute Gasteiger partial charge is 0.448 e. The Bertz CT molecular complexity index is 749. The van der Waals surface area contributed by atoms with Gasteiger partial charge in [0.1, 0.15) is 5.78 Å². The summed E-state index contributed by atoms with van der Waals surface area (Å²) in [5, 5.41) is 0. The van der Waals surface area contributed by atoms with E-state index in [1.54, 1.807) is 6.26 Å². The predicted octanol–water partition coefficient (Wildman–Crippen LogP) is 2.91. The molecule has 0 amide bonds. The van der Waals surface area contributed by atoms with Gasteiger partial charge in [-0.3, -0.25) is 14.5 Å². The van der Waals surface area contributed by atoms with E-state index in [9.17, 15) is 9.59 Å². The fraction of sp³-hybridized carbons (Fsp3) is 0.176. The van der Waals surface area contributed by atoms with Gasteiger partial charge in [-0.2, -0.15) is 0 Å². The van der Waals surface area contributed by atoms with E-state index >= 15 is 0 Å². The number of nitrogens with zero attached hydrogens (tertiary/aromatic N) is 1. The van der Waals surface area contributed by atoms with E-state index in [0.717, 1.165) is 11.1 Å². The number of carbonyl (C=O) groups excluding carboxylic acids is 2. The Morgan fingerprint density at radius 2 is 2.05 bits per heavy atom. The first-order valence-corrected chi connectivity index (χ1v) is 6.86. The summed E-state index contributed by atoms with van der Waals surface area (Å²) in [4.78, 5) is 26.2. The molecule has 0 radical (unpaired) electrons. The number of Topliss-reactive ketones (excluding diaryl/α,β-unsaturated/α-hetero) is 2. The average molecular weight is 279 g/mol.